The highest BCUT2D eigenvalue weighted by molar-refractivity contribution is 5.76. The van der Waals surface area contributed by atoms with Gasteiger partial charge in [0.25, 0.3) is 0 Å². The van der Waals surface area contributed by atoms with Crippen molar-refractivity contribution in [3.63, 3.8) is 0 Å². The minimum absolute atomic E-state index is 0.484. The summed E-state index contributed by atoms with van der Waals surface area (Å²) >= 11 is 0. The maximum Gasteiger partial charge on any atom is 0.136 e. The van der Waals surface area contributed by atoms with Gasteiger partial charge in [0.05, 0.1) is 23.1 Å². The fraction of sp³-hybridized carbons (Fsp3) is 0.364. The average molecular weight is 346 g/mol. The van der Waals surface area contributed by atoms with Crippen LogP contribution in [0.5, 0.6) is 0 Å². The second-order valence-electron chi connectivity index (χ2n) is 7.66. The number of aryl methyl sites for hydroxylation is 2. The van der Waals surface area contributed by atoms with Gasteiger partial charge in [-0.3, -0.25) is 0 Å². The molecule has 0 saturated heterocycles. The molecule has 0 aliphatic rings. The maximum atomic E-state index is 4.78. The highest BCUT2D eigenvalue weighted by Crippen LogP contribution is 2.25. The Morgan fingerprint density at radius 3 is 2.62 bits per heavy atom. The van der Waals surface area contributed by atoms with Gasteiger partial charge in [0.15, 0.2) is 0 Å². The lowest BCUT2D eigenvalue weighted by Gasteiger charge is -2.11. The van der Waals surface area contributed by atoms with Gasteiger partial charge in [-0.15, -0.1) is 0 Å². The molecular weight excluding hydrogens is 320 g/mol. The lowest BCUT2D eigenvalue weighted by atomic mass is 9.95. The summed E-state index contributed by atoms with van der Waals surface area (Å²) in [7, 11) is 2.03. The SMILES string of the molecule is CC(C)c1ccc2nc(CCC(C)c3ccc4c(c3)ncn4C)cn2c1. The topological polar surface area (TPSA) is 35.1 Å². The van der Waals surface area contributed by atoms with Crippen molar-refractivity contribution < 1.29 is 0 Å². The zero-order chi connectivity index (χ0) is 18.3. The molecule has 0 saturated carbocycles. The molecule has 3 heterocycles. The molecule has 0 N–H and O–H groups in total. The third-order valence-corrected chi connectivity index (χ3v) is 5.34. The van der Waals surface area contributed by atoms with E-state index >= 15 is 0 Å². The molecule has 1 atom stereocenters. The van der Waals surface area contributed by atoms with Crippen LogP contribution in [-0.4, -0.2) is 18.9 Å². The molecule has 0 spiro atoms. The van der Waals surface area contributed by atoms with E-state index < -0.39 is 0 Å². The molecule has 4 aromatic rings. The first-order chi connectivity index (χ1) is 12.5. The van der Waals surface area contributed by atoms with E-state index in [1.54, 1.807) is 0 Å². The lowest BCUT2D eigenvalue weighted by Crippen LogP contribution is -1.97. The van der Waals surface area contributed by atoms with Gasteiger partial charge in [0.2, 0.25) is 0 Å². The van der Waals surface area contributed by atoms with Crippen molar-refractivity contribution >= 4 is 16.7 Å². The minimum Gasteiger partial charge on any atom is -0.334 e. The van der Waals surface area contributed by atoms with E-state index in [0.717, 1.165) is 29.7 Å². The molecule has 26 heavy (non-hydrogen) atoms. The van der Waals surface area contributed by atoms with E-state index in [9.17, 15) is 0 Å². The molecule has 4 rings (SSSR count). The maximum absolute atomic E-state index is 4.78. The van der Waals surface area contributed by atoms with E-state index in [2.05, 4.69) is 77.4 Å². The first-order valence-corrected chi connectivity index (χ1v) is 9.40. The number of hydrogen-bond acceptors (Lipinski definition) is 2. The number of aromatic nitrogens is 4. The molecule has 3 aromatic heterocycles. The first kappa shape index (κ1) is 16.8. The first-order valence-electron chi connectivity index (χ1n) is 9.40. The average Bonchev–Trinajstić information content (AvgIpc) is 3.21. The Kier molecular flexibility index (Phi) is 4.27. The fourth-order valence-electron chi connectivity index (χ4n) is 3.51. The van der Waals surface area contributed by atoms with Crippen LogP contribution in [-0.2, 0) is 13.5 Å². The molecule has 0 amide bonds. The van der Waals surface area contributed by atoms with E-state index in [4.69, 9.17) is 4.98 Å². The van der Waals surface area contributed by atoms with Crippen LogP contribution in [0.25, 0.3) is 16.7 Å². The molecule has 0 aliphatic carbocycles. The molecule has 1 unspecified atom stereocenters. The van der Waals surface area contributed by atoms with Crippen molar-refractivity contribution in [2.24, 2.45) is 7.05 Å². The van der Waals surface area contributed by atoms with Crippen LogP contribution in [0.2, 0.25) is 0 Å². The van der Waals surface area contributed by atoms with Crippen molar-refractivity contribution in [3.8, 4) is 0 Å². The van der Waals surface area contributed by atoms with Crippen molar-refractivity contribution in [2.45, 2.75) is 45.4 Å². The zero-order valence-electron chi connectivity index (χ0n) is 16.0. The van der Waals surface area contributed by atoms with Crippen LogP contribution in [0, 0.1) is 0 Å². The smallest absolute Gasteiger partial charge is 0.136 e. The van der Waals surface area contributed by atoms with E-state index in [0.29, 0.717) is 11.8 Å². The number of rotatable bonds is 5. The number of pyridine rings is 1. The molecule has 4 nitrogen and oxygen atoms in total. The molecule has 134 valence electrons. The quantitative estimate of drug-likeness (QED) is 0.505. The summed E-state index contributed by atoms with van der Waals surface area (Å²) in [5.41, 5.74) is 7.15. The Bertz CT molecular complexity index is 1050. The van der Waals surface area contributed by atoms with Crippen molar-refractivity contribution in [3.05, 3.63) is 65.9 Å². The largest absolute Gasteiger partial charge is 0.334 e. The summed E-state index contributed by atoms with van der Waals surface area (Å²) in [5.74, 6) is 1.02. The Morgan fingerprint density at radius 2 is 1.81 bits per heavy atom. The molecule has 0 radical (unpaired) electrons. The number of hydrogen-bond donors (Lipinski definition) is 0. The molecule has 1 aromatic carbocycles. The monoisotopic (exact) mass is 346 g/mol. The van der Waals surface area contributed by atoms with E-state index in [1.807, 2.05) is 13.4 Å². The standard InChI is InChI=1S/C22H26N4/c1-15(2)18-7-10-22-24-19(13-26(22)12-18)8-5-16(3)17-6-9-21-20(11-17)23-14-25(21)4/h6-7,9-16H,5,8H2,1-4H3. The van der Waals surface area contributed by atoms with Crippen LogP contribution in [0.1, 0.15) is 55.8 Å². The fourth-order valence-corrected chi connectivity index (χ4v) is 3.51. The van der Waals surface area contributed by atoms with Crippen molar-refractivity contribution in [1.82, 2.24) is 18.9 Å². The second-order valence-corrected chi connectivity index (χ2v) is 7.66. The number of benzene rings is 1. The summed E-state index contributed by atoms with van der Waals surface area (Å²) in [6, 6.07) is 10.9. The van der Waals surface area contributed by atoms with Crippen LogP contribution in [0.15, 0.2) is 49.1 Å². The minimum atomic E-state index is 0.484. The molecular formula is C22H26N4. The molecule has 4 heteroatoms. The summed E-state index contributed by atoms with van der Waals surface area (Å²) in [4.78, 5) is 9.26. The summed E-state index contributed by atoms with van der Waals surface area (Å²) in [6.07, 6.45) is 8.32. The van der Waals surface area contributed by atoms with Gasteiger partial charge in [-0.1, -0.05) is 32.9 Å². The summed E-state index contributed by atoms with van der Waals surface area (Å²) in [5, 5.41) is 0. The van der Waals surface area contributed by atoms with Crippen LogP contribution < -0.4 is 0 Å². The van der Waals surface area contributed by atoms with Gasteiger partial charge >= 0.3 is 0 Å². The third-order valence-electron chi connectivity index (χ3n) is 5.34. The van der Waals surface area contributed by atoms with Gasteiger partial charge in [0.1, 0.15) is 5.65 Å². The van der Waals surface area contributed by atoms with Gasteiger partial charge in [0, 0.05) is 19.4 Å². The second kappa shape index (κ2) is 6.60. The number of nitrogens with zero attached hydrogens (tertiary/aromatic N) is 4. The van der Waals surface area contributed by atoms with Gasteiger partial charge in [-0.2, -0.15) is 0 Å². The highest BCUT2D eigenvalue weighted by Gasteiger charge is 2.11. The number of imidazole rings is 2. The van der Waals surface area contributed by atoms with Gasteiger partial charge in [-0.05, 0) is 54.0 Å². The van der Waals surface area contributed by atoms with E-state index in [-0.39, 0.29) is 0 Å². The van der Waals surface area contributed by atoms with Gasteiger partial charge < -0.3 is 8.97 Å². The van der Waals surface area contributed by atoms with Crippen molar-refractivity contribution in [1.29, 1.82) is 0 Å². The Hall–Kier alpha value is -2.62. The van der Waals surface area contributed by atoms with Crippen LogP contribution >= 0.6 is 0 Å². The van der Waals surface area contributed by atoms with Crippen LogP contribution in [0.3, 0.4) is 0 Å². The predicted octanol–water partition coefficient (Wildman–Crippen LogP) is 5.08. The zero-order valence-corrected chi connectivity index (χ0v) is 16.0. The Labute approximate surface area is 154 Å². The lowest BCUT2D eigenvalue weighted by molar-refractivity contribution is 0.673. The molecule has 0 bridgehead atoms. The Balaban J connectivity index is 1.49. The highest BCUT2D eigenvalue weighted by atomic mass is 15.0. The number of fused-ring (bicyclic) bond motifs is 2. The van der Waals surface area contributed by atoms with Crippen LogP contribution in [0.4, 0.5) is 0 Å². The summed E-state index contributed by atoms with van der Waals surface area (Å²) in [6.45, 7) is 6.73. The normalized spacial score (nSPS) is 13.1. The summed E-state index contributed by atoms with van der Waals surface area (Å²) < 4.78 is 4.22. The van der Waals surface area contributed by atoms with Gasteiger partial charge in [-0.25, -0.2) is 9.97 Å². The predicted molar refractivity (Wildman–Crippen MR) is 107 cm³/mol. The van der Waals surface area contributed by atoms with Crippen molar-refractivity contribution in [2.75, 3.05) is 0 Å². The molecule has 0 aliphatic heterocycles. The molecule has 0 fully saturated rings. The Morgan fingerprint density at radius 1 is 1.00 bits per heavy atom. The van der Waals surface area contributed by atoms with E-state index in [1.165, 1.54) is 16.6 Å². The third kappa shape index (κ3) is 3.12.